The molecule has 1 aromatic carbocycles. The number of benzene rings is 1. The van der Waals surface area contributed by atoms with Crippen LogP contribution < -0.4 is 9.80 Å². The molecule has 1 N–H and O–H groups in total. The van der Waals surface area contributed by atoms with Gasteiger partial charge in [-0.2, -0.15) is 9.97 Å². The standard InChI is InChI=1S/C27H32N8O3/c1-17(2)35-16-20-22(26(35)37)28-27(33-14-12-32(13-15-33)18(3)36)30-24(20)34-11-7-10-21(34)25-29-23(31-38-25)19-8-5-4-6-9-19/h4-6,8-9,16-17,21,37H,7,10-15H2,1-3H3. The van der Waals surface area contributed by atoms with Gasteiger partial charge in [0, 0.05) is 57.4 Å². The number of rotatable bonds is 5. The molecule has 11 heteroatoms. The van der Waals surface area contributed by atoms with Gasteiger partial charge >= 0.3 is 0 Å². The van der Waals surface area contributed by atoms with Gasteiger partial charge in [-0.3, -0.25) is 4.79 Å². The molecule has 1 unspecified atom stereocenters. The second-order valence-electron chi connectivity index (χ2n) is 10.2. The average Bonchev–Trinajstić information content (AvgIpc) is 3.68. The van der Waals surface area contributed by atoms with Crippen LogP contribution in [0.2, 0.25) is 0 Å². The lowest BCUT2D eigenvalue weighted by molar-refractivity contribution is -0.129. The highest BCUT2D eigenvalue weighted by Gasteiger charge is 2.35. The van der Waals surface area contributed by atoms with Gasteiger partial charge in [0.25, 0.3) is 0 Å². The first kappa shape index (κ1) is 24.2. The average molecular weight is 517 g/mol. The molecule has 11 nitrogen and oxygen atoms in total. The van der Waals surface area contributed by atoms with Crippen molar-refractivity contribution in [3.8, 4) is 17.3 Å². The summed E-state index contributed by atoms with van der Waals surface area (Å²) in [6, 6.07) is 9.71. The highest BCUT2D eigenvalue weighted by atomic mass is 16.5. The lowest BCUT2D eigenvalue weighted by Gasteiger charge is -2.34. The zero-order valence-corrected chi connectivity index (χ0v) is 21.9. The third kappa shape index (κ3) is 4.21. The molecule has 2 aliphatic heterocycles. The predicted molar refractivity (Wildman–Crippen MR) is 143 cm³/mol. The van der Waals surface area contributed by atoms with Crippen molar-refractivity contribution in [1.29, 1.82) is 0 Å². The third-order valence-electron chi connectivity index (χ3n) is 7.49. The number of aromatic nitrogens is 5. The first-order valence-corrected chi connectivity index (χ1v) is 13.2. The van der Waals surface area contributed by atoms with E-state index in [4.69, 9.17) is 19.5 Å². The Morgan fingerprint density at radius 3 is 2.53 bits per heavy atom. The van der Waals surface area contributed by atoms with E-state index in [1.165, 1.54) is 0 Å². The molecule has 1 atom stereocenters. The van der Waals surface area contributed by atoms with E-state index in [9.17, 15) is 9.90 Å². The molecule has 6 rings (SSSR count). The fourth-order valence-corrected chi connectivity index (χ4v) is 5.39. The minimum absolute atomic E-state index is 0.0540. The number of aromatic hydroxyl groups is 1. The van der Waals surface area contributed by atoms with Crippen LogP contribution in [0, 0.1) is 0 Å². The molecule has 0 radical (unpaired) electrons. The van der Waals surface area contributed by atoms with Crippen molar-refractivity contribution in [2.75, 3.05) is 42.5 Å². The van der Waals surface area contributed by atoms with Crippen LogP contribution in [0.3, 0.4) is 0 Å². The maximum absolute atomic E-state index is 11.8. The number of amides is 1. The van der Waals surface area contributed by atoms with Crippen molar-refractivity contribution in [1.82, 2.24) is 29.6 Å². The summed E-state index contributed by atoms with van der Waals surface area (Å²) in [5.41, 5.74) is 1.43. The van der Waals surface area contributed by atoms with Crippen molar-refractivity contribution in [3.63, 3.8) is 0 Å². The van der Waals surface area contributed by atoms with Crippen molar-refractivity contribution < 1.29 is 14.4 Å². The van der Waals surface area contributed by atoms with Gasteiger partial charge in [-0.05, 0) is 26.7 Å². The fraction of sp³-hybridized carbons (Fsp3) is 0.444. The van der Waals surface area contributed by atoms with E-state index in [0.29, 0.717) is 49.4 Å². The van der Waals surface area contributed by atoms with Gasteiger partial charge in [0.05, 0.1) is 5.39 Å². The molecule has 1 amide bonds. The Labute approximate surface area is 220 Å². The number of hydrogen-bond donors (Lipinski definition) is 1. The van der Waals surface area contributed by atoms with E-state index in [1.807, 2.05) is 59.8 Å². The molecule has 0 aliphatic carbocycles. The van der Waals surface area contributed by atoms with Gasteiger partial charge in [0.15, 0.2) is 0 Å². The lowest BCUT2D eigenvalue weighted by Crippen LogP contribution is -2.48. The van der Waals surface area contributed by atoms with E-state index in [2.05, 4.69) is 15.0 Å². The second kappa shape index (κ2) is 9.62. The van der Waals surface area contributed by atoms with Crippen LogP contribution in [0.1, 0.15) is 51.6 Å². The Hall–Kier alpha value is -4.15. The summed E-state index contributed by atoms with van der Waals surface area (Å²) in [6.45, 7) is 8.89. The quantitative estimate of drug-likeness (QED) is 0.423. The van der Waals surface area contributed by atoms with Crippen LogP contribution in [0.25, 0.3) is 22.3 Å². The molecular formula is C27H32N8O3. The Morgan fingerprint density at radius 1 is 1.05 bits per heavy atom. The topological polar surface area (TPSA) is 117 Å². The number of fused-ring (bicyclic) bond motifs is 1. The van der Waals surface area contributed by atoms with Gasteiger partial charge in [-0.15, -0.1) is 0 Å². The van der Waals surface area contributed by atoms with Crippen LogP contribution in [-0.2, 0) is 4.79 Å². The maximum atomic E-state index is 11.8. The smallest absolute Gasteiger partial charge is 0.249 e. The molecule has 198 valence electrons. The van der Waals surface area contributed by atoms with E-state index in [1.54, 1.807) is 6.92 Å². The molecule has 2 fully saturated rings. The minimum Gasteiger partial charge on any atom is -0.493 e. The number of carbonyl (C=O) groups is 1. The molecule has 2 aliphatic rings. The minimum atomic E-state index is -0.134. The number of anilines is 2. The van der Waals surface area contributed by atoms with Crippen LogP contribution in [-0.4, -0.2) is 73.3 Å². The van der Waals surface area contributed by atoms with Crippen LogP contribution >= 0.6 is 0 Å². The highest BCUT2D eigenvalue weighted by Crippen LogP contribution is 2.41. The molecule has 38 heavy (non-hydrogen) atoms. The summed E-state index contributed by atoms with van der Waals surface area (Å²) in [6.07, 6.45) is 3.73. The molecule has 0 bridgehead atoms. The Bertz CT molecular complexity index is 1460. The zero-order valence-electron chi connectivity index (χ0n) is 21.9. The Balaban J connectivity index is 1.40. The van der Waals surface area contributed by atoms with E-state index in [0.717, 1.165) is 36.2 Å². The summed E-state index contributed by atoms with van der Waals surface area (Å²) in [5, 5.41) is 16.2. The van der Waals surface area contributed by atoms with Gasteiger partial charge in [0.1, 0.15) is 17.4 Å². The van der Waals surface area contributed by atoms with Gasteiger partial charge in [-0.1, -0.05) is 35.5 Å². The molecule has 3 aromatic heterocycles. The highest BCUT2D eigenvalue weighted by molar-refractivity contribution is 5.94. The van der Waals surface area contributed by atoms with E-state index >= 15 is 0 Å². The van der Waals surface area contributed by atoms with Gasteiger partial charge < -0.3 is 28.9 Å². The van der Waals surface area contributed by atoms with Gasteiger partial charge in [0.2, 0.25) is 29.5 Å². The number of hydrogen-bond acceptors (Lipinski definition) is 9. The maximum Gasteiger partial charge on any atom is 0.249 e. The largest absolute Gasteiger partial charge is 0.493 e. The van der Waals surface area contributed by atoms with Crippen LogP contribution in [0.15, 0.2) is 41.1 Å². The van der Waals surface area contributed by atoms with E-state index in [-0.39, 0.29) is 23.9 Å². The Kier molecular flexibility index (Phi) is 6.13. The van der Waals surface area contributed by atoms with Crippen molar-refractivity contribution in [3.05, 3.63) is 42.4 Å². The summed E-state index contributed by atoms with van der Waals surface area (Å²) in [7, 11) is 0. The molecular weight excluding hydrogens is 484 g/mol. The summed E-state index contributed by atoms with van der Waals surface area (Å²) < 4.78 is 7.59. The van der Waals surface area contributed by atoms with Crippen LogP contribution in [0.5, 0.6) is 5.88 Å². The Morgan fingerprint density at radius 2 is 1.82 bits per heavy atom. The molecule has 2 saturated heterocycles. The van der Waals surface area contributed by atoms with E-state index < -0.39 is 0 Å². The number of carbonyl (C=O) groups excluding carboxylic acids is 1. The molecule has 5 heterocycles. The van der Waals surface area contributed by atoms with Crippen LogP contribution in [0.4, 0.5) is 11.8 Å². The van der Waals surface area contributed by atoms with Crippen molar-refractivity contribution >= 4 is 28.6 Å². The lowest BCUT2D eigenvalue weighted by atomic mass is 10.2. The van der Waals surface area contributed by atoms with Gasteiger partial charge in [-0.25, -0.2) is 4.98 Å². The molecule has 4 aromatic rings. The first-order chi connectivity index (χ1) is 18.4. The summed E-state index contributed by atoms with van der Waals surface area (Å²) in [4.78, 5) is 32.6. The summed E-state index contributed by atoms with van der Waals surface area (Å²) >= 11 is 0. The monoisotopic (exact) mass is 516 g/mol. The number of nitrogens with zero attached hydrogens (tertiary/aromatic N) is 8. The third-order valence-corrected chi connectivity index (χ3v) is 7.49. The normalized spacial score (nSPS) is 18.2. The van der Waals surface area contributed by atoms with Crippen molar-refractivity contribution in [2.45, 2.75) is 45.7 Å². The second-order valence-corrected chi connectivity index (χ2v) is 10.2. The molecule has 0 saturated carbocycles. The number of piperazine rings is 1. The van der Waals surface area contributed by atoms with Crippen molar-refractivity contribution in [2.24, 2.45) is 0 Å². The first-order valence-electron chi connectivity index (χ1n) is 13.2. The fourth-order valence-electron chi connectivity index (χ4n) is 5.39. The summed E-state index contributed by atoms with van der Waals surface area (Å²) in [5.74, 6) is 2.61. The SMILES string of the molecule is CC(=O)N1CCN(c2nc(N3CCCC3c3nc(-c4ccccc4)no3)c3cn(C(C)C)c(O)c3n2)CC1. The predicted octanol–water partition coefficient (Wildman–Crippen LogP) is 3.78. The molecule has 0 spiro atoms. The zero-order chi connectivity index (χ0) is 26.4.